The first-order chi connectivity index (χ1) is 6.56. The molecule has 0 aliphatic carbocycles. The van der Waals surface area contributed by atoms with Gasteiger partial charge in [0.25, 0.3) is 11.8 Å². The van der Waals surface area contributed by atoms with E-state index in [1.165, 1.54) is 10.9 Å². The molecule has 0 fully saturated rings. The minimum Gasteiger partial charge on any atom is -0.394 e. The third kappa shape index (κ3) is 1.88. The molecular formula is C7H10N4O3. The summed E-state index contributed by atoms with van der Waals surface area (Å²) in [5, 5.41) is 12.3. The molecule has 7 nitrogen and oxygen atoms in total. The summed E-state index contributed by atoms with van der Waals surface area (Å²) in [6.45, 7) is 0.0195. The van der Waals surface area contributed by atoms with Crippen LogP contribution in [0.2, 0.25) is 0 Å². The monoisotopic (exact) mass is 198 g/mol. The Morgan fingerprint density at radius 3 is 2.43 bits per heavy atom. The SMILES string of the molecule is NC(=O)c1cn(CCO)nc1C(N)=O. The second kappa shape index (κ2) is 3.88. The van der Waals surface area contributed by atoms with E-state index in [9.17, 15) is 9.59 Å². The Labute approximate surface area is 79.3 Å². The van der Waals surface area contributed by atoms with Gasteiger partial charge in [0.15, 0.2) is 5.69 Å². The molecule has 1 heterocycles. The van der Waals surface area contributed by atoms with Crippen molar-refractivity contribution in [2.24, 2.45) is 11.5 Å². The molecule has 2 amide bonds. The Morgan fingerprint density at radius 1 is 1.43 bits per heavy atom. The lowest BCUT2D eigenvalue weighted by molar-refractivity contribution is 0.0965. The van der Waals surface area contributed by atoms with Crippen LogP contribution >= 0.6 is 0 Å². The standard InChI is InChI=1S/C7H10N4O3/c8-6(13)4-3-11(1-2-12)10-5(4)7(9)14/h3,12H,1-2H2,(H2,8,13)(H2,9,14). The zero-order valence-electron chi connectivity index (χ0n) is 7.30. The smallest absolute Gasteiger partial charge is 0.270 e. The van der Waals surface area contributed by atoms with E-state index >= 15 is 0 Å². The zero-order chi connectivity index (χ0) is 10.7. The Bertz CT molecular complexity index is 340. The second-order valence-electron chi connectivity index (χ2n) is 2.61. The molecular weight excluding hydrogens is 188 g/mol. The zero-order valence-corrected chi connectivity index (χ0v) is 7.30. The van der Waals surface area contributed by atoms with E-state index in [1.807, 2.05) is 0 Å². The molecule has 7 heteroatoms. The van der Waals surface area contributed by atoms with Crippen LogP contribution in [0.4, 0.5) is 0 Å². The van der Waals surface area contributed by atoms with Crippen LogP contribution in [0.5, 0.6) is 0 Å². The maximum Gasteiger partial charge on any atom is 0.270 e. The number of aliphatic hydroxyl groups excluding tert-OH is 1. The molecule has 0 aliphatic heterocycles. The van der Waals surface area contributed by atoms with Crippen molar-refractivity contribution < 1.29 is 14.7 Å². The predicted octanol–water partition coefficient (Wildman–Crippen LogP) is -1.93. The Hall–Kier alpha value is -1.89. The lowest BCUT2D eigenvalue weighted by atomic mass is 10.2. The van der Waals surface area contributed by atoms with Crippen LogP contribution in [0, 0.1) is 0 Å². The fraction of sp³-hybridized carbons (Fsp3) is 0.286. The first-order valence-corrected chi connectivity index (χ1v) is 3.84. The van der Waals surface area contributed by atoms with E-state index in [4.69, 9.17) is 16.6 Å². The Balaban J connectivity index is 3.12. The average molecular weight is 198 g/mol. The molecule has 0 spiro atoms. The van der Waals surface area contributed by atoms with Gasteiger partial charge in [-0.05, 0) is 0 Å². The molecule has 0 aliphatic rings. The number of carbonyl (C=O) groups excluding carboxylic acids is 2. The van der Waals surface area contributed by atoms with Crippen LogP contribution < -0.4 is 11.5 Å². The second-order valence-corrected chi connectivity index (χ2v) is 2.61. The molecule has 76 valence electrons. The highest BCUT2D eigenvalue weighted by molar-refractivity contribution is 6.04. The summed E-state index contributed by atoms with van der Waals surface area (Å²) < 4.78 is 1.24. The van der Waals surface area contributed by atoms with Gasteiger partial charge in [0.2, 0.25) is 0 Å². The van der Waals surface area contributed by atoms with Crippen molar-refractivity contribution in [1.29, 1.82) is 0 Å². The Morgan fingerprint density at radius 2 is 2.07 bits per heavy atom. The largest absolute Gasteiger partial charge is 0.394 e. The van der Waals surface area contributed by atoms with Crippen LogP contribution in [0.3, 0.4) is 0 Å². The molecule has 1 rings (SSSR count). The fourth-order valence-corrected chi connectivity index (χ4v) is 1.00. The highest BCUT2D eigenvalue weighted by Crippen LogP contribution is 2.05. The summed E-state index contributed by atoms with van der Waals surface area (Å²) in [5.74, 6) is -1.60. The van der Waals surface area contributed by atoms with Crippen LogP contribution in [-0.4, -0.2) is 33.3 Å². The van der Waals surface area contributed by atoms with E-state index in [2.05, 4.69) is 5.10 Å². The number of aromatic nitrogens is 2. The fourth-order valence-electron chi connectivity index (χ4n) is 1.00. The molecule has 0 saturated heterocycles. The highest BCUT2D eigenvalue weighted by Gasteiger charge is 2.17. The van der Waals surface area contributed by atoms with Crippen molar-refractivity contribution in [1.82, 2.24) is 9.78 Å². The van der Waals surface area contributed by atoms with Crippen LogP contribution in [0.1, 0.15) is 20.8 Å². The number of rotatable bonds is 4. The van der Waals surface area contributed by atoms with Crippen molar-refractivity contribution >= 4 is 11.8 Å². The minimum atomic E-state index is -0.824. The summed E-state index contributed by atoms with van der Waals surface area (Å²) in [7, 11) is 0. The lowest BCUT2D eigenvalue weighted by Crippen LogP contribution is -2.19. The number of aliphatic hydroxyl groups is 1. The van der Waals surface area contributed by atoms with E-state index in [0.717, 1.165) is 0 Å². The molecule has 0 saturated carbocycles. The summed E-state index contributed by atoms with van der Waals surface area (Å²) in [5.41, 5.74) is 9.76. The molecule has 1 aromatic rings. The maximum absolute atomic E-state index is 10.8. The summed E-state index contributed by atoms with van der Waals surface area (Å²) in [4.78, 5) is 21.7. The van der Waals surface area contributed by atoms with Gasteiger partial charge in [0.05, 0.1) is 18.7 Å². The van der Waals surface area contributed by atoms with Crippen molar-refractivity contribution in [3.05, 3.63) is 17.5 Å². The van der Waals surface area contributed by atoms with Gasteiger partial charge >= 0.3 is 0 Å². The minimum absolute atomic E-state index is 0.0362. The van der Waals surface area contributed by atoms with Crippen molar-refractivity contribution in [2.45, 2.75) is 6.54 Å². The molecule has 0 unspecified atom stereocenters. The quantitative estimate of drug-likeness (QED) is 0.521. The normalized spacial score (nSPS) is 10.1. The third-order valence-corrected chi connectivity index (χ3v) is 1.59. The van der Waals surface area contributed by atoms with Crippen LogP contribution in [-0.2, 0) is 6.54 Å². The topological polar surface area (TPSA) is 124 Å². The Kier molecular flexibility index (Phi) is 2.82. The van der Waals surface area contributed by atoms with Gasteiger partial charge in [-0.3, -0.25) is 14.3 Å². The van der Waals surface area contributed by atoms with Gasteiger partial charge in [-0.1, -0.05) is 0 Å². The molecule has 0 atom stereocenters. The van der Waals surface area contributed by atoms with Gasteiger partial charge in [0.1, 0.15) is 0 Å². The predicted molar refractivity (Wildman–Crippen MR) is 46.3 cm³/mol. The maximum atomic E-state index is 10.8. The van der Waals surface area contributed by atoms with Crippen LogP contribution in [0.15, 0.2) is 6.20 Å². The summed E-state index contributed by atoms with van der Waals surface area (Å²) in [6, 6.07) is 0. The van der Waals surface area contributed by atoms with E-state index < -0.39 is 11.8 Å². The van der Waals surface area contributed by atoms with Crippen LogP contribution in [0.25, 0.3) is 0 Å². The summed E-state index contributed by atoms with van der Waals surface area (Å²) >= 11 is 0. The molecule has 0 aromatic carbocycles. The molecule has 0 radical (unpaired) electrons. The third-order valence-electron chi connectivity index (χ3n) is 1.59. The number of primary amides is 2. The van der Waals surface area contributed by atoms with Crippen molar-refractivity contribution in [3.63, 3.8) is 0 Å². The van der Waals surface area contributed by atoms with Gasteiger partial charge in [-0.25, -0.2) is 0 Å². The van der Waals surface area contributed by atoms with Crippen molar-refractivity contribution in [2.75, 3.05) is 6.61 Å². The average Bonchev–Trinajstić information content (AvgIpc) is 2.49. The van der Waals surface area contributed by atoms with Gasteiger partial charge in [0, 0.05) is 6.20 Å². The van der Waals surface area contributed by atoms with Gasteiger partial charge in [-0.15, -0.1) is 0 Å². The van der Waals surface area contributed by atoms with E-state index in [0.29, 0.717) is 0 Å². The molecule has 5 N–H and O–H groups in total. The van der Waals surface area contributed by atoms with Gasteiger partial charge < -0.3 is 16.6 Å². The molecule has 1 aromatic heterocycles. The van der Waals surface area contributed by atoms with Crippen molar-refractivity contribution in [3.8, 4) is 0 Å². The number of hydrogen-bond acceptors (Lipinski definition) is 4. The highest BCUT2D eigenvalue weighted by atomic mass is 16.3. The first kappa shape index (κ1) is 10.2. The van der Waals surface area contributed by atoms with Gasteiger partial charge in [-0.2, -0.15) is 5.10 Å². The number of nitrogens with two attached hydrogens (primary N) is 2. The summed E-state index contributed by atoms with van der Waals surface area (Å²) in [6.07, 6.45) is 1.28. The molecule has 14 heavy (non-hydrogen) atoms. The van der Waals surface area contributed by atoms with E-state index in [1.54, 1.807) is 0 Å². The number of nitrogens with zero attached hydrogens (tertiary/aromatic N) is 2. The number of hydrogen-bond donors (Lipinski definition) is 3. The molecule has 0 bridgehead atoms. The first-order valence-electron chi connectivity index (χ1n) is 3.84. The number of amides is 2. The number of carbonyl (C=O) groups is 2. The van der Waals surface area contributed by atoms with E-state index in [-0.39, 0.29) is 24.4 Å². The lowest BCUT2D eigenvalue weighted by Gasteiger charge is -1.93.